The minimum atomic E-state index is 0.0542. The van der Waals surface area contributed by atoms with Crippen LogP contribution in [0.3, 0.4) is 0 Å². The van der Waals surface area contributed by atoms with Crippen LogP contribution in [0.5, 0.6) is 11.5 Å². The Bertz CT molecular complexity index is 1150. The van der Waals surface area contributed by atoms with Crippen molar-refractivity contribution in [1.82, 2.24) is 19.4 Å². The standard InChI is InChI=1S/C29H43N5O3/c1-20(2)18-33(19-21(3)4)28(35)22-10-11-27-26(14-22)31-29(34(27)13-9-12-32(5)6)30-23-15-24(36-7)17-25(16-23)37-8/h10-11,14-17,20-21H,9,12-13,18-19H2,1-8H3,(H,30,31). The van der Waals surface area contributed by atoms with Gasteiger partial charge in [-0.2, -0.15) is 0 Å². The smallest absolute Gasteiger partial charge is 0.253 e. The van der Waals surface area contributed by atoms with E-state index in [2.05, 4.69) is 56.6 Å². The van der Waals surface area contributed by atoms with Gasteiger partial charge in [0.25, 0.3) is 5.91 Å². The first kappa shape index (κ1) is 28.3. The molecular weight excluding hydrogens is 466 g/mol. The minimum Gasteiger partial charge on any atom is -0.497 e. The average Bonchev–Trinajstić information content (AvgIpc) is 3.18. The van der Waals surface area contributed by atoms with Crippen LogP contribution in [0.15, 0.2) is 36.4 Å². The topological polar surface area (TPSA) is 71.9 Å². The van der Waals surface area contributed by atoms with Gasteiger partial charge in [-0.1, -0.05) is 27.7 Å². The number of imidazole rings is 1. The fraction of sp³-hybridized carbons (Fsp3) is 0.517. The number of methoxy groups -OCH3 is 2. The number of aromatic nitrogens is 2. The predicted molar refractivity (Wildman–Crippen MR) is 151 cm³/mol. The Morgan fingerprint density at radius 2 is 1.59 bits per heavy atom. The lowest BCUT2D eigenvalue weighted by Gasteiger charge is -2.26. The third-order valence-corrected chi connectivity index (χ3v) is 6.05. The van der Waals surface area contributed by atoms with Crippen LogP contribution in [0.25, 0.3) is 11.0 Å². The van der Waals surface area contributed by atoms with Crippen molar-refractivity contribution < 1.29 is 14.3 Å². The molecule has 0 aliphatic heterocycles. The summed E-state index contributed by atoms with van der Waals surface area (Å²) in [6, 6.07) is 11.5. The van der Waals surface area contributed by atoms with Crippen LogP contribution in [0.1, 0.15) is 44.5 Å². The van der Waals surface area contributed by atoms with Gasteiger partial charge in [-0.3, -0.25) is 4.79 Å². The number of amides is 1. The van der Waals surface area contributed by atoms with Crippen LogP contribution < -0.4 is 14.8 Å². The zero-order valence-electron chi connectivity index (χ0n) is 23.7. The molecule has 1 amide bonds. The molecule has 202 valence electrons. The summed E-state index contributed by atoms with van der Waals surface area (Å²) in [6.45, 7) is 11.8. The Labute approximate surface area is 221 Å². The van der Waals surface area contributed by atoms with Crippen molar-refractivity contribution in [3.8, 4) is 11.5 Å². The second kappa shape index (κ2) is 12.8. The molecular formula is C29H43N5O3. The van der Waals surface area contributed by atoms with Gasteiger partial charge in [0.05, 0.1) is 25.3 Å². The number of carbonyl (C=O) groups is 1. The van der Waals surface area contributed by atoms with Gasteiger partial charge in [0.1, 0.15) is 11.5 Å². The van der Waals surface area contributed by atoms with E-state index < -0.39 is 0 Å². The van der Waals surface area contributed by atoms with Gasteiger partial charge in [-0.25, -0.2) is 4.98 Å². The van der Waals surface area contributed by atoms with Crippen molar-refractivity contribution in [2.75, 3.05) is 53.3 Å². The van der Waals surface area contributed by atoms with Gasteiger partial charge in [0.15, 0.2) is 0 Å². The zero-order valence-corrected chi connectivity index (χ0v) is 23.7. The van der Waals surface area contributed by atoms with Gasteiger partial charge in [0.2, 0.25) is 5.95 Å². The monoisotopic (exact) mass is 509 g/mol. The molecule has 0 aliphatic carbocycles. The maximum atomic E-state index is 13.5. The summed E-state index contributed by atoms with van der Waals surface area (Å²) in [6.07, 6.45) is 0.964. The summed E-state index contributed by atoms with van der Waals surface area (Å²) in [7, 11) is 7.42. The number of carbonyl (C=O) groups excluding carboxylic acids is 1. The molecule has 0 aliphatic rings. The summed E-state index contributed by atoms with van der Waals surface area (Å²) in [5, 5.41) is 3.46. The lowest BCUT2D eigenvalue weighted by Crippen LogP contribution is -2.37. The van der Waals surface area contributed by atoms with E-state index in [4.69, 9.17) is 14.5 Å². The van der Waals surface area contributed by atoms with E-state index in [0.29, 0.717) is 28.9 Å². The zero-order chi connectivity index (χ0) is 27.1. The third kappa shape index (κ3) is 7.61. The van der Waals surface area contributed by atoms with Gasteiger partial charge >= 0.3 is 0 Å². The molecule has 3 rings (SSSR count). The minimum absolute atomic E-state index is 0.0542. The first-order valence-electron chi connectivity index (χ1n) is 13.1. The molecule has 0 bridgehead atoms. The van der Waals surface area contributed by atoms with Crippen LogP contribution in [0.2, 0.25) is 0 Å². The first-order chi connectivity index (χ1) is 17.6. The highest BCUT2D eigenvalue weighted by atomic mass is 16.5. The molecule has 0 atom stereocenters. The fourth-order valence-corrected chi connectivity index (χ4v) is 4.44. The number of fused-ring (bicyclic) bond motifs is 1. The van der Waals surface area contributed by atoms with Gasteiger partial charge < -0.3 is 29.2 Å². The molecule has 8 heteroatoms. The first-order valence-corrected chi connectivity index (χ1v) is 13.1. The molecule has 8 nitrogen and oxygen atoms in total. The molecule has 2 aromatic carbocycles. The molecule has 0 saturated carbocycles. The highest BCUT2D eigenvalue weighted by Gasteiger charge is 2.20. The molecule has 0 unspecified atom stereocenters. The molecule has 1 N–H and O–H groups in total. The lowest BCUT2D eigenvalue weighted by molar-refractivity contribution is 0.0715. The number of rotatable bonds is 13. The van der Waals surface area contributed by atoms with Gasteiger partial charge in [0, 0.05) is 49.1 Å². The maximum absolute atomic E-state index is 13.5. The molecule has 37 heavy (non-hydrogen) atoms. The number of aryl methyl sites for hydroxylation is 1. The Morgan fingerprint density at radius 3 is 2.14 bits per heavy atom. The largest absolute Gasteiger partial charge is 0.497 e. The molecule has 0 radical (unpaired) electrons. The summed E-state index contributed by atoms with van der Waals surface area (Å²) in [4.78, 5) is 22.5. The van der Waals surface area contributed by atoms with E-state index in [1.807, 2.05) is 41.3 Å². The summed E-state index contributed by atoms with van der Waals surface area (Å²) >= 11 is 0. The SMILES string of the molecule is COc1cc(Nc2nc3cc(C(=O)N(CC(C)C)CC(C)C)ccc3n2CCCN(C)C)cc(OC)c1. The van der Waals surface area contributed by atoms with E-state index in [0.717, 1.165) is 55.3 Å². The van der Waals surface area contributed by atoms with Crippen molar-refractivity contribution in [2.24, 2.45) is 11.8 Å². The Hall–Kier alpha value is -3.26. The number of hydrogen-bond donors (Lipinski definition) is 1. The van der Waals surface area contributed by atoms with Crippen molar-refractivity contribution in [1.29, 1.82) is 0 Å². The third-order valence-electron chi connectivity index (χ3n) is 6.05. The lowest BCUT2D eigenvalue weighted by atomic mass is 10.1. The van der Waals surface area contributed by atoms with Crippen LogP contribution >= 0.6 is 0 Å². The molecule has 1 aromatic heterocycles. The maximum Gasteiger partial charge on any atom is 0.253 e. The van der Waals surface area contributed by atoms with Crippen LogP contribution in [-0.4, -0.2) is 73.2 Å². The quantitative estimate of drug-likeness (QED) is 0.328. The second-order valence-electron chi connectivity index (χ2n) is 10.7. The second-order valence-corrected chi connectivity index (χ2v) is 10.7. The van der Waals surface area contributed by atoms with Crippen LogP contribution in [0, 0.1) is 11.8 Å². The molecule has 0 spiro atoms. The van der Waals surface area contributed by atoms with Crippen molar-refractivity contribution in [2.45, 2.75) is 40.7 Å². The average molecular weight is 510 g/mol. The van der Waals surface area contributed by atoms with Crippen LogP contribution in [0.4, 0.5) is 11.6 Å². The summed E-state index contributed by atoms with van der Waals surface area (Å²) in [5.74, 6) is 2.96. The van der Waals surface area contributed by atoms with Crippen molar-refractivity contribution in [3.63, 3.8) is 0 Å². The molecule has 0 fully saturated rings. The molecule has 1 heterocycles. The van der Waals surface area contributed by atoms with Crippen molar-refractivity contribution in [3.05, 3.63) is 42.0 Å². The highest BCUT2D eigenvalue weighted by Crippen LogP contribution is 2.30. The fourth-order valence-electron chi connectivity index (χ4n) is 4.44. The number of benzene rings is 2. The number of ether oxygens (including phenoxy) is 2. The number of anilines is 2. The van der Waals surface area contributed by atoms with Crippen LogP contribution in [-0.2, 0) is 6.54 Å². The Kier molecular flexibility index (Phi) is 9.80. The van der Waals surface area contributed by atoms with E-state index in [-0.39, 0.29) is 5.91 Å². The van der Waals surface area contributed by atoms with E-state index in [1.165, 1.54) is 0 Å². The van der Waals surface area contributed by atoms with Gasteiger partial charge in [-0.05, 0) is 57.1 Å². The van der Waals surface area contributed by atoms with E-state index in [9.17, 15) is 4.79 Å². The predicted octanol–water partition coefficient (Wildman–Crippen LogP) is 5.50. The Morgan fingerprint density at radius 1 is 0.973 bits per heavy atom. The number of hydrogen-bond acceptors (Lipinski definition) is 6. The van der Waals surface area contributed by atoms with E-state index in [1.54, 1.807) is 14.2 Å². The van der Waals surface area contributed by atoms with Crippen molar-refractivity contribution >= 4 is 28.6 Å². The Balaban J connectivity index is 2.00. The number of nitrogens with one attached hydrogen (secondary N) is 1. The highest BCUT2D eigenvalue weighted by molar-refractivity contribution is 5.98. The van der Waals surface area contributed by atoms with E-state index >= 15 is 0 Å². The summed E-state index contributed by atoms with van der Waals surface area (Å²) in [5.41, 5.74) is 3.27. The normalized spacial score (nSPS) is 11.5. The number of nitrogens with zero attached hydrogens (tertiary/aromatic N) is 4. The summed E-state index contributed by atoms with van der Waals surface area (Å²) < 4.78 is 13.1. The van der Waals surface area contributed by atoms with Gasteiger partial charge in [-0.15, -0.1) is 0 Å². The molecule has 0 saturated heterocycles. The molecule has 3 aromatic rings.